The fourth-order valence-corrected chi connectivity index (χ4v) is 2.75. The SMILES string of the molecule is CCCCCCCCCCc1onc(C(C)CC)c1Cl. The van der Waals surface area contributed by atoms with Gasteiger partial charge in [0.15, 0.2) is 5.76 Å². The Balaban J connectivity index is 2.18. The molecule has 0 bridgehead atoms. The maximum atomic E-state index is 6.34. The molecule has 3 heteroatoms. The van der Waals surface area contributed by atoms with Gasteiger partial charge < -0.3 is 4.52 Å². The van der Waals surface area contributed by atoms with E-state index in [-0.39, 0.29) is 0 Å². The summed E-state index contributed by atoms with van der Waals surface area (Å²) in [6, 6.07) is 0. The first-order chi connectivity index (χ1) is 9.70. The quantitative estimate of drug-likeness (QED) is 0.434. The summed E-state index contributed by atoms with van der Waals surface area (Å²) in [6.07, 6.45) is 12.6. The second-order valence-electron chi connectivity index (χ2n) is 5.84. The molecule has 20 heavy (non-hydrogen) atoms. The molecule has 1 aromatic heterocycles. The van der Waals surface area contributed by atoms with Gasteiger partial charge in [0, 0.05) is 12.3 Å². The Labute approximate surface area is 129 Å². The largest absolute Gasteiger partial charge is 0.360 e. The molecule has 1 unspecified atom stereocenters. The van der Waals surface area contributed by atoms with E-state index in [2.05, 4.69) is 25.9 Å². The lowest BCUT2D eigenvalue weighted by Gasteiger charge is -2.03. The first kappa shape index (κ1) is 17.6. The molecule has 0 N–H and O–H groups in total. The van der Waals surface area contributed by atoms with Crippen molar-refractivity contribution in [2.75, 3.05) is 0 Å². The topological polar surface area (TPSA) is 26.0 Å². The first-order valence-corrected chi connectivity index (χ1v) is 8.72. The van der Waals surface area contributed by atoms with Crippen LogP contribution in [0, 0.1) is 0 Å². The number of aromatic nitrogens is 1. The third-order valence-corrected chi connectivity index (χ3v) is 4.46. The molecule has 1 heterocycles. The number of halogens is 1. The van der Waals surface area contributed by atoms with E-state index in [0.29, 0.717) is 5.92 Å². The van der Waals surface area contributed by atoms with Gasteiger partial charge in [-0.15, -0.1) is 0 Å². The van der Waals surface area contributed by atoms with Crippen molar-refractivity contribution in [3.8, 4) is 0 Å². The Morgan fingerprint density at radius 1 is 1.00 bits per heavy atom. The minimum absolute atomic E-state index is 0.388. The van der Waals surface area contributed by atoms with Crippen molar-refractivity contribution in [2.24, 2.45) is 0 Å². The smallest absolute Gasteiger partial charge is 0.155 e. The molecule has 0 aliphatic rings. The number of nitrogens with zero attached hydrogens (tertiary/aromatic N) is 1. The molecule has 0 aliphatic heterocycles. The van der Waals surface area contributed by atoms with Gasteiger partial charge in [-0.1, -0.05) is 82.5 Å². The first-order valence-electron chi connectivity index (χ1n) is 8.34. The van der Waals surface area contributed by atoms with Crippen LogP contribution in [0.15, 0.2) is 4.52 Å². The molecule has 0 fully saturated rings. The van der Waals surface area contributed by atoms with E-state index in [1.54, 1.807) is 0 Å². The number of hydrogen-bond donors (Lipinski definition) is 0. The molecule has 1 atom stereocenters. The molecule has 2 nitrogen and oxygen atoms in total. The van der Waals surface area contributed by atoms with E-state index in [1.165, 1.54) is 44.9 Å². The van der Waals surface area contributed by atoms with Gasteiger partial charge in [0.05, 0.1) is 0 Å². The van der Waals surface area contributed by atoms with Crippen LogP contribution in [0.25, 0.3) is 0 Å². The highest BCUT2D eigenvalue weighted by Crippen LogP contribution is 2.29. The molecule has 1 aromatic rings. The summed E-state index contributed by atoms with van der Waals surface area (Å²) in [5, 5.41) is 4.89. The third kappa shape index (κ3) is 5.87. The van der Waals surface area contributed by atoms with Gasteiger partial charge in [-0.05, 0) is 12.8 Å². The molecule has 0 amide bonds. The van der Waals surface area contributed by atoms with Crippen molar-refractivity contribution in [2.45, 2.75) is 90.9 Å². The van der Waals surface area contributed by atoms with Crippen LogP contribution in [-0.4, -0.2) is 5.16 Å². The highest BCUT2D eigenvalue weighted by atomic mass is 35.5. The van der Waals surface area contributed by atoms with Crippen molar-refractivity contribution >= 4 is 11.6 Å². The van der Waals surface area contributed by atoms with E-state index in [0.717, 1.165) is 35.7 Å². The zero-order valence-corrected chi connectivity index (χ0v) is 14.1. The van der Waals surface area contributed by atoms with Crippen LogP contribution in [0.2, 0.25) is 5.02 Å². The predicted molar refractivity (Wildman–Crippen MR) is 86.5 cm³/mol. The van der Waals surface area contributed by atoms with Gasteiger partial charge in [0.25, 0.3) is 0 Å². The van der Waals surface area contributed by atoms with Crippen LogP contribution in [0.5, 0.6) is 0 Å². The predicted octanol–water partition coefficient (Wildman–Crippen LogP) is 6.52. The van der Waals surface area contributed by atoms with Crippen LogP contribution in [0.4, 0.5) is 0 Å². The van der Waals surface area contributed by atoms with Gasteiger partial charge in [-0.2, -0.15) is 0 Å². The van der Waals surface area contributed by atoms with E-state index in [9.17, 15) is 0 Å². The molecule has 0 saturated heterocycles. The van der Waals surface area contributed by atoms with Gasteiger partial charge in [0.1, 0.15) is 10.7 Å². The number of aryl methyl sites for hydroxylation is 1. The normalized spacial score (nSPS) is 12.8. The van der Waals surface area contributed by atoms with Crippen LogP contribution >= 0.6 is 11.6 Å². The van der Waals surface area contributed by atoms with Crippen molar-refractivity contribution in [3.63, 3.8) is 0 Å². The second kappa shape index (κ2) is 10.3. The lowest BCUT2D eigenvalue weighted by molar-refractivity contribution is 0.369. The lowest BCUT2D eigenvalue weighted by Crippen LogP contribution is -1.92. The van der Waals surface area contributed by atoms with Crippen LogP contribution in [-0.2, 0) is 6.42 Å². The van der Waals surface area contributed by atoms with Gasteiger partial charge in [0.2, 0.25) is 0 Å². The van der Waals surface area contributed by atoms with Gasteiger partial charge in [-0.25, -0.2) is 0 Å². The Hall–Kier alpha value is -0.500. The van der Waals surface area contributed by atoms with E-state index >= 15 is 0 Å². The van der Waals surface area contributed by atoms with Crippen molar-refractivity contribution in [1.82, 2.24) is 5.16 Å². The summed E-state index contributed by atoms with van der Waals surface area (Å²) in [6.45, 7) is 6.55. The minimum Gasteiger partial charge on any atom is -0.360 e. The molecule has 0 aromatic carbocycles. The molecule has 0 saturated carbocycles. The van der Waals surface area contributed by atoms with Crippen molar-refractivity contribution < 1.29 is 4.52 Å². The second-order valence-corrected chi connectivity index (χ2v) is 6.22. The highest BCUT2D eigenvalue weighted by molar-refractivity contribution is 6.31. The number of rotatable bonds is 11. The zero-order chi connectivity index (χ0) is 14.8. The Morgan fingerprint density at radius 3 is 2.20 bits per heavy atom. The summed E-state index contributed by atoms with van der Waals surface area (Å²) in [5.41, 5.74) is 0.934. The summed E-state index contributed by atoms with van der Waals surface area (Å²) < 4.78 is 5.40. The Kier molecular flexibility index (Phi) is 9.00. The number of unbranched alkanes of at least 4 members (excludes halogenated alkanes) is 7. The van der Waals surface area contributed by atoms with E-state index in [4.69, 9.17) is 16.1 Å². The Bertz CT molecular complexity index is 362. The van der Waals surface area contributed by atoms with E-state index in [1.807, 2.05) is 0 Å². The molecule has 0 aliphatic carbocycles. The molecule has 0 spiro atoms. The molecule has 1 rings (SSSR count). The Morgan fingerprint density at radius 2 is 1.60 bits per heavy atom. The summed E-state index contributed by atoms with van der Waals surface area (Å²) in [5.74, 6) is 1.27. The molecule has 0 radical (unpaired) electrons. The summed E-state index contributed by atoms with van der Waals surface area (Å²) in [4.78, 5) is 0. The third-order valence-electron chi connectivity index (χ3n) is 4.06. The van der Waals surface area contributed by atoms with Gasteiger partial charge in [-0.3, -0.25) is 0 Å². The maximum Gasteiger partial charge on any atom is 0.155 e. The average molecular weight is 300 g/mol. The highest BCUT2D eigenvalue weighted by Gasteiger charge is 2.17. The lowest BCUT2D eigenvalue weighted by atomic mass is 10.0. The monoisotopic (exact) mass is 299 g/mol. The fraction of sp³-hybridized carbons (Fsp3) is 0.824. The number of hydrogen-bond acceptors (Lipinski definition) is 2. The average Bonchev–Trinajstić information content (AvgIpc) is 2.82. The summed E-state index contributed by atoms with van der Waals surface area (Å²) in [7, 11) is 0. The zero-order valence-electron chi connectivity index (χ0n) is 13.4. The molecule has 116 valence electrons. The van der Waals surface area contributed by atoms with Crippen LogP contribution in [0.1, 0.15) is 95.9 Å². The van der Waals surface area contributed by atoms with Crippen LogP contribution < -0.4 is 0 Å². The van der Waals surface area contributed by atoms with Crippen molar-refractivity contribution in [1.29, 1.82) is 0 Å². The molecular weight excluding hydrogens is 270 g/mol. The van der Waals surface area contributed by atoms with E-state index < -0.39 is 0 Å². The van der Waals surface area contributed by atoms with Crippen LogP contribution in [0.3, 0.4) is 0 Å². The standard InChI is InChI=1S/C17H30ClNO/c1-4-6-7-8-9-10-11-12-13-15-16(18)17(19-20-15)14(3)5-2/h14H,4-13H2,1-3H3. The maximum absolute atomic E-state index is 6.34. The summed E-state index contributed by atoms with van der Waals surface area (Å²) >= 11 is 6.34. The minimum atomic E-state index is 0.388. The van der Waals surface area contributed by atoms with Crippen molar-refractivity contribution in [3.05, 3.63) is 16.5 Å². The van der Waals surface area contributed by atoms with Gasteiger partial charge >= 0.3 is 0 Å². The fourth-order valence-electron chi connectivity index (χ4n) is 2.40. The molecular formula is C17H30ClNO.